The van der Waals surface area contributed by atoms with E-state index in [2.05, 4.69) is 49.1 Å². The number of aromatic amines is 1. The van der Waals surface area contributed by atoms with Crippen LogP contribution >= 0.6 is 11.3 Å². The van der Waals surface area contributed by atoms with E-state index in [1.54, 1.807) is 0 Å². The van der Waals surface area contributed by atoms with Gasteiger partial charge in [-0.15, -0.1) is 16.4 Å². The summed E-state index contributed by atoms with van der Waals surface area (Å²) in [5.41, 5.74) is 3.18. The number of carbonyl (C=O) groups excluding carboxylic acids is 1. The molecule has 2 aromatic carbocycles. The van der Waals surface area contributed by atoms with Crippen LogP contribution in [0.15, 0.2) is 48.5 Å². The van der Waals surface area contributed by atoms with E-state index in [4.69, 9.17) is 0 Å². The maximum Gasteiger partial charge on any atom is 0.269 e. The van der Waals surface area contributed by atoms with Crippen LogP contribution in [0.4, 0.5) is 5.95 Å². The van der Waals surface area contributed by atoms with Gasteiger partial charge in [-0.3, -0.25) is 10.1 Å². The second-order valence-electron chi connectivity index (χ2n) is 5.12. The van der Waals surface area contributed by atoms with Gasteiger partial charge in [0.25, 0.3) is 5.95 Å². The van der Waals surface area contributed by atoms with Crippen LogP contribution in [-0.4, -0.2) is 31.5 Å². The zero-order valence-corrected chi connectivity index (χ0v) is 13.2. The van der Waals surface area contributed by atoms with Crippen molar-refractivity contribution in [1.29, 1.82) is 0 Å². The van der Waals surface area contributed by atoms with Crippen LogP contribution in [-0.2, 0) is 11.2 Å². The van der Waals surface area contributed by atoms with Crippen LogP contribution < -0.4 is 5.32 Å². The van der Waals surface area contributed by atoms with Crippen molar-refractivity contribution in [2.24, 2.45) is 0 Å². The maximum absolute atomic E-state index is 12.0. The molecule has 0 aliphatic rings. The number of amides is 1. The number of fused-ring (bicyclic) bond motifs is 1. The Morgan fingerprint density at radius 2 is 2.00 bits per heavy atom. The Labute approximate surface area is 140 Å². The topological polar surface area (TPSA) is 96.5 Å². The molecule has 2 N–H and O–H groups in total. The fourth-order valence-electron chi connectivity index (χ4n) is 2.38. The normalized spacial score (nSPS) is 10.8. The summed E-state index contributed by atoms with van der Waals surface area (Å²) in [5.74, 6) is -0.0637. The van der Waals surface area contributed by atoms with E-state index in [9.17, 15) is 4.79 Å². The predicted octanol–water partition coefficient (Wildman–Crippen LogP) is 2.66. The first-order valence-corrected chi connectivity index (χ1v) is 8.08. The second-order valence-corrected chi connectivity index (χ2v) is 6.23. The van der Waals surface area contributed by atoms with Gasteiger partial charge in [-0.05, 0) is 28.5 Å². The third kappa shape index (κ3) is 2.99. The Morgan fingerprint density at radius 3 is 2.79 bits per heavy atom. The molecule has 4 rings (SSSR count). The Hall–Kier alpha value is -3.13. The summed E-state index contributed by atoms with van der Waals surface area (Å²) in [7, 11) is 0. The Kier molecular flexibility index (Phi) is 3.72. The third-order valence-electron chi connectivity index (χ3n) is 3.45. The number of thiazole rings is 1. The molecule has 0 radical (unpaired) electrons. The Balaban J connectivity index is 1.56. The average molecular weight is 336 g/mol. The van der Waals surface area contributed by atoms with E-state index in [0.717, 1.165) is 26.4 Å². The molecule has 0 unspecified atom stereocenters. The third-order valence-corrected chi connectivity index (χ3v) is 4.47. The number of anilines is 1. The van der Waals surface area contributed by atoms with E-state index in [-0.39, 0.29) is 18.3 Å². The SMILES string of the molecule is O=C(Cc1nc2ccc(-c3ccccc3)cc2s1)Nc1nn[nH]n1. The molecule has 0 atom stereocenters. The number of H-pyrrole nitrogens is 1. The van der Waals surface area contributed by atoms with Gasteiger partial charge >= 0.3 is 0 Å². The van der Waals surface area contributed by atoms with Crippen LogP contribution in [0.5, 0.6) is 0 Å². The zero-order chi connectivity index (χ0) is 16.4. The number of hydrogen-bond donors (Lipinski definition) is 2. The van der Waals surface area contributed by atoms with E-state index < -0.39 is 0 Å². The lowest BCUT2D eigenvalue weighted by molar-refractivity contribution is -0.115. The lowest BCUT2D eigenvalue weighted by Gasteiger charge is -2.00. The molecule has 4 aromatic rings. The van der Waals surface area contributed by atoms with Gasteiger partial charge in [-0.1, -0.05) is 41.5 Å². The highest BCUT2D eigenvalue weighted by Gasteiger charge is 2.11. The van der Waals surface area contributed by atoms with Crippen LogP contribution in [0, 0.1) is 0 Å². The van der Waals surface area contributed by atoms with Crippen molar-refractivity contribution < 1.29 is 4.79 Å². The lowest BCUT2D eigenvalue weighted by Crippen LogP contribution is -2.15. The van der Waals surface area contributed by atoms with Crippen LogP contribution in [0.1, 0.15) is 5.01 Å². The molecule has 0 spiro atoms. The summed E-state index contributed by atoms with van der Waals surface area (Å²) < 4.78 is 1.05. The number of benzene rings is 2. The summed E-state index contributed by atoms with van der Waals surface area (Å²) in [6.07, 6.45) is 0.175. The number of nitrogens with one attached hydrogen (secondary N) is 2. The molecule has 118 valence electrons. The molecule has 0 aliphatic heterocycles. The molecule has 0 saturated carbocycles. The smallest absolute Gasteiger partial charge is 0.269 e. The lowest BCUT2D eigenvalue weighted by atomic mass is 10.1. The van der Waals surface area contributed by atoms with Crippen molar-refractivity contribution >= 4 is 33.4 Å². The van der Waals surface area contributed by atoms with Gasteiger partial charge < -0.3 is 0 Å². The molecule has 0 bridgehead atoms. The minimum Gasteiger partial charge on any atom is -0.292 e. The zero-order valence-electron chi connectivity index (χ0n) is 12.4. The number of hydrogen-bond acceptors (Lipinski definition) is 6. The van der Waals surface area contributed by atoms with Gasteiger partial charge in [-0.2, -0.15) is 5.21 Å². The fourth-order valence-corrected chi connectivity index (χ4v) is 3.38. The summed E-state index contributed by atoms with van der Waals surface area (Å²) in [6, 6.07) is 16.3. The largest absolute Gasteiger partial charge is 0.292 e. The minimum atomic E-state index is -0.223. The maximum atomic E-state index is 12.0. The number of aromatic nitrogens is 5. The Morgan fingerprint density at radius 1 is 1.12 bits per heavy atom. The van der Waals surface area contributed by atoms with Crippen molar-refractivity contribution in [2.75, 3.05) is 5.32 Å². The quantitative estimate of drug-likeness (QED) is 0.597. The summed E-state index contributed by atoms with van der Waals surface area (Å²) in [5, 5.41) is 16.4. The van der Waals surface area contributed by atoms with Gasteiger partial charge in [0, 0.05) is 0 Å². The van der Waals surface area contributed by atoms with Crippen LogP contribution in [0.3, 0.4) is 0 Å². The molecule has 0 saturated heterocycles. The second kappa shape index (κ2) is 6.17. The van der Waals surface area contributed by atoms with E-state index >= 15 is 0 Å². The highest BCUT2D eigenvalue weighted by atomic mass is 32.1. The van der Waals surface area contributed by atoms with Crippen molar-refractivity contribution in [3.8, 4) is 11.1 Å². The summed E-state index contributed by atoms with van der Waals surface area (Å²) >= 11 is 1.51. The molecular weight excluding hydrogens is 324 g/mol. The molecular formula is C16H12N6OS. The molecule has 24 heavy (non-hydrogen) atoms. The first-order valence-electron chi connectivity index (χ1n) is 7.26. The molecule has 2 aromatic heterocycles. The molecule has 8 heteroatoms. The van der Waals surface area contributed by atoms with Crippen molar-refractivity contribution in [2.45, 2.75) is 6.42 Å². The number of nitrogens with zero attached hydrogens (tertiary/aromatic N) is 4. The van der Waals surface area contributed by atoms with Gasteiger partial charge in [0.1, 0.15) is 5.01 Å². The summed E-state index contributed by atoms with van der Waals surface area (Å²) in [6.45, 7) is 0. The van der Waals surface area contributed by atoms with Crippen molar-refractivity contribution in [3.05, 3.63) is 53.5 Å². The van der Waals surface area contributed by atoms with E-state index in [1.165, 1.54) is 11.3 Å². The van der Waals surface area contributed by atoms with Gasteiger partial charge in [-0.25, -0.2) is 4.98 Å². The van der Waals surface area contributed by atoms with Gasteiger partial charge in [0.05, 0.1) is 16.6 Å². The molecule has 2 heterocycles. The van der Waals surface area contributed by atoms with Crippen molar-refractivity contribution in [1.82, 2.24) is 25.6 Å². The molecule has 0 aliphatic carbocycles. The highest BCUT2D eigenvalue weighted by Crippen LogP contribution is 2.28. The standard InChI is InChI=1S/C16H12N6OS/c23-14(18-16-19-21-22-20-16)9-15-17-12-7-6-11(8-13(12)24-15)10-4-2-1-3-5-10/h1-8H,9H2,(H2,18,19,20,21,22,23). The van der Waals surface area contributed by atoms with Gasteiger partial charge in [0.2, 0.25) is 5.91 Å². The highest BCUT2D eigenvalue weighted by molar-refractivity contribution is 7.18. The molecule has 1 amide bonds. The molecule has 0 fully saturated rings. The number of rotatable bonds is 4. The first kappa shape index (κ1) is 14.5. The average Bonchev–Trinajstić information content (AvgIpc) is 3.23. The number of carbonyl (C=O) groups is 1. The van der Waals surface area contributed by atoms with Crippen molar-refractivity contribution in [3.63, 3.8) is 0 Å². The first-order chi connectivity index (χ1) is 11.8. The van der Waals surface area contributed by atoms with Crippen LogP contribution in [0.2, 0.25) is 0 Å². The predicted molar refractivity (Wildman–Crippen MR) is 91.6 cm³/mol. The molecule has 7 nitrogen and oxygen atoms in total. The minimum absolute atomic E-state index is 0.160. The summed E-state index contributed by atoms with van der Waals surface area (Å²) in [4.78, 5) is 16.5. The van der Waals surface area contributed by atoms with Gasteiger partial charge in [0.15, 0.2) is 0 Å². The fraction of sp³-hybridized carbons (Fsp3) is 0.0625. The van der Waals surface area contributed by atoms with E-state index in [1.807, 2.05) is 30.3 Å². The van der Waals surface area contributed by atoms with E-state index in [0.29, 0.717) is 0 Å². The Bertz CT molecular complexity index is 980. The van der Waals surface area contributed by atoms with Crippen LogP contribution in [0.25, 0.3) is 21.3 Å². The monoisotopic (exact) mass is 336 g/mol. The number of tetrazole rings is 1.